The normalized spacial score (nSPS) is 14.3. The van der Waals surface area contributed by atoms with E-state index in [2.05, 4.69) is 0 Å². The predicted molar refractivity (Wildman–Crippen MR) is 50.4 cm³/mol. The molecule has 1 heterocycles. The Morgan fingerprint density at radius 3 is 2.47 bits per heavy atom. The van der Waals surface area contributed by atoms with Crippen LogP contribution < -0.4 is 9.47 Å². The van der Waals surface area contributed by atoms with E-state index in [1.54, 1.807) is 0 Å². The standard InChI is InChI=1S/C8H6ClFO4S/c9-15(11,12)8-2-7-6(13-4-14-7)1-5(8)3-10/h1-2H,3-4H2. The van der Waals surface area contributed by atoms with Gasteiger partial charge < -0.3 is 9.47 Å². The molecule has 0 fully saturated rings. The molecule has 0 saturated carbocycles. The molecule has 0 amide bonds. The molecular formula is C8H6ClFO4S. The second kappa shape index (κ2) is 3.53. The first-order chi connectivity index (χ1) is 7.02. The summed E-state index contributed by atoms with van der Waals surface area (Å²) in [5.41, 5.74) is -0.0331. The Kier molecular flexibility index (Phi) is 2.47. The minimum atomic E-state index is -3.97. The van der Waals surface area contributed by atoms with Crippen LogP contribution in [0, 0.1) is 0 Å². The summed E-state index contributed by atoms with van der Waals surface area (Å²) in [6, 6.07) is 2.44. The summed E-state index contributed by atoms with van der Waals surface area (Å²) in [5.74, 6) is 0.582. The molecule has 4 nitrogen and oxygen atoms in total. The highest BCUT2D eigenvalue weighted by Gasteiger charge is 2.23. The lowest BCUT2D eigenvalue weighted by Crippen LogP contribution is -1.96. The van der Waals surface area contributed by atoms with Gasteiger partial charge in [0, 0.05) is 22.3 Å². The summed E-state index contributed by atoms with van der Waals surface area (Å²) < 4.78 is 44.7. The maximum absolute atomic E-state index is 12.6. The quantitative estimate of drug-likeness (QED) is 0.754. The van der Waals surface area contributed by atoms with E-state index in [0.717, 1.165) is 0 Å². The van der Waals surface area contributed by atoms with E-state index in [-0.39, 0.29) is 23.0 Å². The molecular weight excluding hydrogens is 247 g/mol. The monoisotopic (exact) mass is 252 g/mol. The van der Waals surface area contributed by atoms with E-state index in [9.17, 15) is 12.8 Å². The third kappa shape index (κ3) is 1.87. The van der Waals surface area contributed by atoms with Gasteiger partial charge in [-0.25, -0.2) is 12.8 Å². The fraction of sp³-hybridized carbons (Fsp3) is 0.250. The number of halogens is 2. The molecule has 1 aliphatic heterocycles. The Bertz CT molecular complexity index is 500. The molecule has 0 aromatic heterocycles. The summed E-state index contributed by atoms with van der Waals surface area (Å²) >= 11 is 0. The van der Waals surface area contributed by atoms with E-state index in [1.165, 1.54) is 12.1 Å². The second-order valence-electron chi connectivity index (χ2n) is 2.88. The summed E-state index contributed by atoms with van der Waals surface area (Å²) in [6.45, 7) is -0.940. The minimum Gasteiger partial charge on any atom is -0.454 e. The van der Waals surface area contributed by atoms with Crippen LogP contribution in [-0.2, 0) is 15.7 Å². The molecule has 82 valence electrons. The number of benzene rings is 1. The topological polar surface area (TPSA) is 52.6 Å². The van der Waals surface area contributed by atoms with Gasteiger partial charge in [-0.15, -0.1) is 0 Å². The Morgan fingerprint density at radius 2 is 1.93 bits per heavy atom. The smallest absolute Gasteiger partial charge is 0.261 e. The molecule has 1 aliphatic rings. The van der Waals surface area contributed by atoms with Gasteiger partial charge in [0.25, 0.3) is 9.05 Å². The van der Waals surface area contributed by atoms with Crippen LogP contribution in [0.25, 0.3) is 0 Å². The molecule has 15 heavy (non-hydrogen) atoms. The van der Waals surface area contributed by atoms with Gasteiger partial charge in [0.2, 0.25) is 6.79 Å². The fourth-order valence-corrected chi connectivity index (χ4v) is 2.40. The zero-order valence-electron chi connectivity index (χ0n) is 7.37. The number of hydrogen-bond donors (Lipinski definition) is 0. The van der Waals surface area contributed by atoms with Crippen LogP contribution >= 0.6 is 10.7 Å². The lowest BCUT2D eigenvalue weighted by Gasteiger charge is -2.04. The molecule has 0 saturated heterocycles. The average molecular weight is 253 g/mol. The van der Waals surface area contributed by atoms with E-state index < -0.39 is 15.7 Å². The highest BCUT2D eigenvalue weighted by Crippen LogP contribution is 2.37. The lowest BCUT2D eigenvalue weighted by molar-refractivity contribution is 0.174. The van der Waals surface area contributed by atoms with Gasteiger partial charge in [0.1, 0.15) is 6.67 Å². The molecule has 2 rings (SSSR count). The highest BCUT2D eigenvalue weighted by molar-refractivity contribution is 8.13. The second-order valence-corrected chi connectivity index (χ2v) is 5.42. The Hall–Kier alpha value is -1.01. The number of hydrogen-bond acceptors (Lipinski definition) is 4. The van der Waals surface area contributed by atoms with Crippen molar-refractivity contribution in [3.8, 4) is 11.5 Å². The van der Waals surface area contributed by atoms with Crippen molar-refractivity contribution < 1.29 is 22.3 Å². The van der Waals surface area contributed by atoms with Crippen molar-refractivity contribution in [3.05, 3.63) is 17.7 Å². The van der Waals surface area contributed by atoms with Crippen molar-refractivity contribution in [2.75, 3.05) is 6.79 Å². The van der Waals surface area contributed by atoms with E-state index >= 15 is 0 Å². The van der Waals surface area contributed by atoms with Crippen molar-refractivity contribution in [2.45, 2.75) is 11.6 Å². The molecule has 7 heteroatoms. The van der Waals surface area contributed by atoms with Crippen LogP contribution in [-0.4, -0.2) is 15.2 Å². The Morgan fingerprint density at radius 1 is 1.33 bits per heavy atom. The fourth-order valence-electron chi connectivity index (χ4n) is 1.30. The predicted octanol–water partition coefficient (Wildman–Crippen LogP) is 1.81. The lowest BCUT2D eigenvalue weighted by atomic mass is 10.2. The van der Waals surface area contributed by atoms with Crippen molar-refractivity contribution in [2.24, 2.45) is 0 Å². The Balaban J connectivity index is 2.64. The maximum Gasteiger partial charge on any atom is 0.261 e. The first kappa shape index (κ1) is 10.5. The summed E-state index contributed by atoms with van der Waals surface area (Å²) in [6.07, 6.45) is 0. The van der Waals surface area contributed by atoms with Crippen molar-refractivity contribution in [1.29, 1.82) is 0 Å². The number of ether oxygens (including phenoxy) is 2. The molecule has 0 N–H and O–H groups in total. The van der Waals surface area contributed by atoms with Crippen LogP contribution in [0.2, 0.25) is 0 Å². The molecule has 1 aromatic rings. The van der Waals surface area contributed by atoms with Gasteiger partial charge in [-0.05, 0) is 6.07 Å². The molecule has 0 atom stereocenters. The van der Waals surface area contributed by atoms with Crippen LogP contribution in [0.15, 0.2) is 17.0 Å². The zero-order valence-corrected chi connectivity index (χ0v) is 8.94. The summed E-state index contributed by atoms with van der Waals surface area (Å²) in [7, 11) is 1.18. The number of rotatable bonds is 2. The van der Waals surface area contributed by atoms with E-state index in [0.29, 0.717) is 5.75 Å². The van der Waals surface area contributed by atoms with Crippen molar-refractivity contribution >= 4 is 19.7 Å². The van der Waals surface area contributed by atoms with Crippen LogP contribution in [0.3, 0.4) is 0 Å². The Labute approximate surface area is 90.0 Å². The number of fused-ring (bicyclic) bond motifs is 1. The minimum absolute atomic E-state index is 0.00710. The zero-order chi connectivity index (χ0) is 11.1. The largest absolute Gasteiger partial charge is 0.454 e. The third-order valence-electron chi connectivity index (χ3n) is 1.96. The molecule has 0 aliphatic carbocycles. The molecule has 1 aromatic carbocycles. The molecule has 0 spiro atoms. The molecule has 0 radical (unpaired) electrons. The van der Waals surface area contributed by atoms with Gasteiger partial charge in [-0.1, -0.05) is 0 Å². The summed E-state index contributed by atoms with van der Waals surface area (Å²) in [5, 5.41) is 0. The van der Waals surface area contributed by atoms with E-state index in [1.807, 2.05) is 0 Å². The van der Waals surface area contributed by atoms with Gasteiger partial charge in [0.15, 0.2) is 11.5 Å². The van der Waals surface area contributed by atoms with Gasteiger partial charge in [-0.3, -0.25) is 0 Å². The van der Waals surface area contributed by atoms with Crippen LogP contribution in [0.5, 0.6) is 11.5 Å². The van der Waals surface area contributed by atoms with E-state index in [4.69, 9.17) is 20.2 Å². The van der Waals surface area contributed by atoms with Gasteiger partial charge in [0.05, 0.1) is 4.90 Å². The highest BCUT2D eigenvalue weighted by atomic mass is 35.7. The van der Waals surface area contributed by atoms with Crippen LogP contribution in [0.1, 0.15) is 5.56 Å². The van der Waals surface area contributed by atoms with Crippen molar-refractivity contribution in [1.82, 2.24) is 0 Å². The average Bonchev–Trinajstić information content (AvgIpc) is 2.60. The first-order valence-corrected chi connectivity index (χ1v) is 6.26. The maximum atomic E-state index is 12.6. The van der Waals surface area contributed by atoms with Gasteiger partial charge >= 0.3 is 0 Å². The number of alkyl halides is 1. The SMILES string of the molecule is O=S(=O)(Cl)c1cc2c(cc1CF)OCO2. The van der Waals surface area contributed by atoms with Crippen LogP contribution in [0.4, 0.5) is 4.39 Å². The van der Waals surface area contributed by atoms with Crippen molar-refractivity contribution in [3.63, 3.8) is 0 Å². The third-order valence-corrected chi connectivity index (χ3v) is 3.37. The summed E-state index contributed by atoms with van der Waals surface area (Å²) in [4.78, 5) is -0.282. The molecule has 0 unspecified atom stereocenters. The molecule has 0 bridgehead atoms. The van der Waals surface area contributed by atoms with Gasteiger partial charge in [-0.2, -0.15) is 0 Å². The first-order valence-electron chi connectivity index (χ1n) is 3.95.